The van der Waals surface area contributed by atoms with Crippen LogP contribution in [0, 0.1) is 0 Å². The van der Waals surface area contributed by atoms with E-state index in [1.807, 2.05) is 6.08 Å². The summed E-state index contributed by atoms with van der Waals surface area (Å²) in [5.41, 5.74) is 0. The van der Waals surface area contributed by atoms with Crippen LogP contribution in [-0.2, 0) is 9.47 Å². The molecule has 0 atom stereocenters. The quantitative estimate of drug-likeness (QED) is 0.285. The van der Waals surface area contributed by atoms with E-state index in [0.717, 1.165) is 51.7 Å². The van der Waals surface area contributed by atoms with Crippen LogP contribution in [0.5, 0.6) is 0 Å². The molecule has 0 heterocycles. The van der Waals surface area contributed by atoms with E-state index in [4.69, 9.17) is 9.47 Å². The highest BCUT2D eigenvalue weighted by Gasteiger charge is 2.07. The first kappa shape index (κ1) is 16.4. The van der Waals surface area contributed by atoms with Crippen molar-refractivity contribution in [2.24, 2.45) is 0 Å². The van der Waals surface area contributed by atoms with Gasteiger partial charge in [0, 0.05) is 19.6 Å². The van der Waals surface area contributed by atoms with Crippen LogP contribution in [-0.4, -0.2) is 19.5 Å². The summed E-state index contributed by atoms with van der Waals surface area (Å²) >= 11 is 0. The van der Waals surface area contributed by atoms with E-state index >= 15 is 0 Å². The summed E-state index contributed by atoms with van der Waals surface area (Å²) in [6.07, 6.45) is 12.3. The van der Waals surface area contributed by atoms with Crippen LogP contribution >= 0.6 is 0 Å². The van der Waals surface area contributed by atoms with Gasteiger partial charge in [-0.15, -0.1) is 0 Å². The molecule has 0 aliphatic heterocycles. The van der Waals surface area contributed by atoms with Gasteiger partial charge in [-0.25, -0.2) is 0 Å². The SMILES string of the molecule is C=C/C=C/CCC(OCCCC)OCCCC. The Labute approximate surface area is 107 Å². The van der Waals surface area contributed by atoms with E-state index in [1.165, 1.54) is 0 Å². The maximum absolute atomic E-state index is 5.73. The van der Waals surface area contributed by atoms with Crippen LogP contribution < -0.4 is 0 Å². The lowest BCUT2D eigenvalue weighted by Crippen LogP contribution is -2.18. The van der Waals surface area contributed by atoms with Crippen molar-refractivity contribution in [3.63, 3.8) is 0 Å². The Morgan fingerprint density at radius 3 is 2.12 bits per heavy atom. The van der Waals surface area contributed by atoms with Gasteiger partial charge in [0.05, 0.1) is 0 Å². The lowest BCUT2D eigenvalue weighted by molar-refractivity contribution is -0.146. The molecule has 0 aromatic carbocycles. The zero-order valence-corrected chi connectivity index (χ0v) is 11.5. The molecule has 0 fully saturated rings. The number of rotatable bonds is 12. The van der Waals surface area contributed by atoms with Gasteiger partial charge in [-0.3, -0.25) is 0 Å². The molecule has 2 nitrogen and oxygen atoms in total. The summed E-state index contributed by atoms with van der Waals surface area (Å²) in [5, 5.41) is 0. The van der Waals surface area contributed by atoms with Gasteiger partial charge < -0.3 is 9.47 Å². The van der Waals surface area contributed by atoms with Gasteiger partial charge in [0.25, 0.3) is 0 Å². The molecule has 0 saturated heterocycles. The van der Waals surface area contributed by atoms with Gasteiger partial charge in [0.15, 0.2) is 6.29 Å². The molecule has 0 unspecified atom stereocenters. The molecular weight excluding hydrogens is 212 g/mol. The minimum atomic E-state index is -0.0393. The van der Waals surface area contributed by atoms with Crippen LogP contribution in [0.3, 0.4) is 0 Å². The number of allylic oxidation sites excluding steroid dienone is 3. The number of hydrogen-bond acceptors (Lipinski definition) is 2. The predicted molar refractivity (Wildman–Crippen MR) is 74.1 cm³/mol. The molecule has 0 aliphatic carbocycles. The molecule has 0 aromatic rings. The molecule has 0 saturated carbocycles. The molecule has 0 radical (unpaired) electrons. The minimum absolute atomic E-state index is 0.0393. The lowest BCUT2D eigenvalue weighted by Gasteiger charge is -2.17. The van der Waals surface area contributed by atoms with Crippen LogP contribution in [0.15, 0.2) is 24.8 Å². The molecule has 0 rings (SSSR count). The van der Waals surface area contributed by atoms with Gasteiger partial charge in [-0.05, 0) is 19.3 Å². The highest BCUT2D eigenvalue weighted by atomic mass is 16.7. The molecule has 17 heavy (non-hydrogen) atoms. The van der Waals surface area contributed by atoms with Crippen LogP contribution in [0.1, 0.15) is 52.4 Å². The van der Waals surface area contributed by atoms with Crippen LogP contribution in [0.2, 0.25) is 0 Å². The third-order valence-electron chi connectivity index (χ3n) is 2.44. The zero-order valence-electron chi connectivity index (χ0n) is 11.5. The molecule has 0 aliphatic rings. The first-order chi connectivity index (χ1) is 8.35. The number of hydrogen-bond donors (Lipinski definition) is 0. The van der Waals surface area contributed by atoms with E-state index in [1.54, 1.807) is 6.08 Å². The van der Waals surface area contributed by atoms with E-state index in [-0.39, 0.29) is 6.29 Å². The standard InChI is InChI=1S/C15H28O2/c1-4-7-10-11-12-15(16-13-8-5-2)17-14-9-6-3/h4,7,10,15H,1,5-6,8-9,11-14H2,2-3H3/b10-7+. The Hall–Kier alpha value is -0.600. The van der Waals surface area contributed by atoms with Gasteiger partial charge in [0.2, 0.25) is 0 Å². The molecule has 2 heteroatoms. The highest BCUT2D eigenvalue weighted by molar-refractivity contribution is 4.96. The monoisotopic (exact) mass is 240 g/mol. The van der Waals surface area contributed by atoms with Gasteiger partial charge in [0.1, 0.15) is 0 Å². The summed E-state index contributed by atoms with van der Waals surface area (Å²) in [6, 6.07) is 0. The Bertz CT molecular complexity index is 177. The van der Waals surface area contributed by atoms with Crippen molar-refractivity contribution in [3.8, 4) is 0 Å². The normalized spacial score (nSPS) is 11.5. The molecule has 0 aromatic heterocycles. The average molecular weight is 240 g/mol. The van der Waals surface area contributed by atoms with Gasteiger partial charge in [-0.1, -0.05) is 51.5 Å². The fraction of sp³-hybridized carbons (Fsp3) is 0.733. The van der Waals surface area contributed by atoms with E-state index < -0.39 is 0 Å². The molecular formula is C15H28O2. The Morgan fingerprint density at radius 1 is 1.06 bits per heavy atom. The van der Waals surface area contributed by atoms with Gasteiger partial charge >= 0.3 is 0 Å². The van der Waals surface area contributed by atoms with Crippen molar-refractivity contribution in [2.45, 2.75) is 58.7 Å². The maximum atomic E-state index is 5.73. The topological polar surface area (TPSA) is 18.5 Å². The third kappa shape index (κ3) is 11.7. The van der Waals surface area contributed by atoms with Crippen molar-refractivity contribution < 1.29 is 9.47 Å². The summed E-state index contributed by atoms with van der Waals surface area (Å²) in [4.78, 5) is 0. The van der Waals surface area contributed by atoms with Gasteiger partial charge in [-0.2, -0.15) is 0 Å². The van der Waals surface area contributed by atoms with E-state index in [2.05, 4.69) is 26.5 Å². The predicted octanol–water partition coefficient (Wildman–Crippen LogP) is 4.47. The largest absolute Gasteiger partial charge is 0.353 e. The molecule has 0 bridgehead atoms. The fourth-order valence-corrected chi connectivity index (χ4v) is 1.36. The van der Waals surface area contributed by atoms with Crippen molar-refractivity contribution in [1.29, 1.82) is 0 Å². The smallest absolute Gasteiger partial charge is 0.157 e. The first-order valence-corrected chi connectivity index (χ1v) is 6.85. The fourth-order valence-electron chi connectivity index (χ4n) is 1.36. The average Bonchev–Trinajstić information content (AvgIpc) is 2.34. The number of ether oxygens (including phenoxy) is 2. The summed E-state index contributed by atoms with van der Waals surface area (Å²) in [6.45, 7) is 9.60. The second kappa shape index (κ2) is 13.5. The molecule has 100 valence electrons. The van der Waals surface area contributed by atoms with Crippen molar-refractivity contribution in [3.05, 3.63) is 24.8 Å². The van der Waals surface area contributed by atoms with Crippen LogP contribution in [0.25, 0.3) is 0 Å². The van der Waals surface area contributed by atoms with Crippen molar-refractivity contribution >= 4 is 0 Å². The second-order valence-electron chi connectivity index (χ2n) is 4.12. The van der Waals surface area contributed by atoms with Crippen molar-refractivity contribution in [1.82, 2.24) is 0 Å². The zero-order chi connectivity index (χ0) is 12.8. The van der Waals surface area contributed by atoms with Crippen LogP contribution in [0.4, 0.5) is 0 Å². The Kier molecular flexibility index (Phi) is 13.0. The number of unbranched alkanes of at least 4 members (excludes halogenated alkanes) is 2. The molecule has 0 N–H and O–H groups in total. The molecule has 0 amide bonds. The molecule has 0 spiro atoms. The summed E-state index contributed by atoms with van der Waals surface area (Å²) in [5.74, 6) is 0. The first-order valence-electron chi connectivity index (χ1n) is 6.85. The van der Waals surface area contributed by atoms with E-state index in [9.17, 15) is 0 Å². The lowest BCUT2D eigenvalue weighted by atomic mass is 10.2. The summed E-state index contributed by atoms with van der Waals surface area (Å²) < 4.78 is 11.5. The van der Waals surface area contributed by atoms with Crippen molar-refractivity contribution in [2.75, 3.05) is 13.2 Å². The second-order valence-corrected chi connectivity index (χ2v) is 4.12. The van der Waals surface area contributed by atoms with E-state index in [0.29, 0.717) is 0 Å². The Balaban J connectivity index is 3.74. The Morgan fingerprint density at radius 2 is 1.65 bits per heavy atom. The minimum Gasteiger partial charge on any atom is -0.353 e. The maximum Gasteiger partial charge on any atom is 0.157 e. The third-order valence-corrected chi connectivity index (χ3v) is 2.44. The highest BCUT2D eigenvalue weighted by Crippen LogP contribution is 2.08. The summed E-state index contributed by atoms with van der Waals surface area (Å²) in [7, 11) is 0.